The van der Waals surface area contributed by atoms with E-state index >= 15 is 0 Å². The van der Waals surface area contributed by atoms with E-state index in [1.165, 1.54) is 0 Å². The van der Waals surface area contributed by atoms with Crippen LogP contribution in [-0.4, -0.2) is 5.11 Å². The van der Waals surface area contributed by atoms with Crippen molar-refractivity contribution in [2.24, 2.45) is 0 Å². The molecular formula is C21H15BrClNO. The third kappa shape index (κ3) is 3.17. The van der Waals surface area contributed by atoms with E-state index in [9.17, 15) is 5.11 Å². The van der Waals surface area contributed by atoms with Gasteiger partial charge in [-0.15, -0.1) is 0 Å². The molecule has 0 spiro atoms. The first-order valence-electron chi connectivity index (χ1n) is 7.94. The third-order valence-electron chi connectivity index (χ3n) is 4.33. The quantitative estimate of drug-likeness (QED) is 0.510. The van der Waals surface area contributed by atoms with Gasteiger partial charge in [-0.1, -0.05) is 57.9 Å². The van der Waals surface area contributed by atoms with Gasteiger partial charge < -0.3 is 10.4 Å². The maximum absolute atomic E-state index is 9.55. The highest BCUT2D eigenvalue weighted by molar-refractivity contribution is 9.10. The van der Waals surface area contributed by atoms with Gasteiger partial charge in [0, 0.05) is 26.3 Å². The van der Waals surface area contributed by atoms with Gasteiger partial charge in [-0.3, -0.25) is 0 Å². The second-order valence-electron chi connectivity index (χ2n) is 5.96. The van der Waals surface area contributed by atoms with Crippen LogP contribution >= 0.6 is 27.5 Å². The monoisotopic (exact) mass is 411 g/mol. The smallest absolute Gasteiger partial charge is 0.115 e. The number of halogens is 2. The van der Waals surface area contributed by atoms with Gasteiger partial charge in [-0.25, -0.2) is 0 Å². The molecular weight excluding hydrogens is 398 g/mol. The molecule has 0 aliphatic carbocycles. The fraction of sp³-hybridized carbons (Fsp3) is 0.0476. The van der Waals surface area contributed by atoms with Crippen LogP contribution in [0.3, 0.4) is 0 Å². The summed E-state index contributed by atoms with van der Waals surface area (Å²) in [6.45, 7) is 0. The van der Waals surface area contributed by atoms with Gasteiger partial charge in [0.2, 0.25) is 0 Å². The molecule has 0 amide bonds. The number of benzene rings is 3. The Morgan fingerprint density at radius 3 is 2.44 bits per heavy atom. The number of hydrogen-bond acceptors (Lipinski definition) is 2. The van der Waals surface area contributed by atoms with Crippen LogP contribution in [0.25, 0.3) is 5.57 Å². The molecule has 4 heteroatoms. The fourth-order valence-electron chi connectivity index (χ4n) is 3.11. The zero-order valence-corrected chi connectivity index (χ0v) is 15.6. The number of phenols is 1. The van der Waals surface area contributed by atoms with E-state index in [2.05, 4.69) is 39.5 Å². The second kappa shape index (κ2) is 6.58. The molecule has 0 radical (unpaired) electrons. The first kappa shape index (κ1) is 16.2. The average Bonchev–Trinajstić information content (AvgIpc) is 2.62. The predicted molar refractivity (Wildman–Crippen MR) is 107 cm³/mol. The van der Waals surface area contributed by atoms with Crippen molar-refractivity contribution in [2.75, 3.05) is 5.32 Å². The highest BCUT2D eigenvalue weighted by Gasteiger charge is 2.22. The Balaban J connectivity index is 1.88. The first-order valence-corrected chi connectivity index (χ1v) is 9.11. The van der Waals surface area contributed by atoms with Gasteiger partial charge >= 0.3 is 0 Å². The van der Waals surface area contributed by atoms with Crippen LogP contribution in [0, 0.1) is 0 Å². The number of anilines is 1. The van der Waals surface area contributed by atoms with Crippen LogP contribution in [0.1, 0.15) is 22.7 Å². The molecule has 4 rings (SSSR count). The minimum Gasteiger partial charge on any atom is -0.508 e. The molecule has 0 fully saturated rings. The molecule has 3 aromatic rings. The molecule has 2 nitrogen and oxygen atoms in total. The molecule has 25 heavy (non-hydrogen) atoms. The van der Waals surface area contributed by atoms with Crippen molar-refractivity contribution in [3.05, 3.63) is 99.0 Å². The van der Waals surface area contributed by atoms with Crippen LogP contribution in [0.2, 0.25) is 5.02 Å². The first-order chi connectivity index (χ1) is 12.1. The standard InChI is InChI=1S/C21H15BrClNO/c22-14-7-10-20-18(11-14)17(16-3-1-2-4-19(16)23)12-21(24-20)13-5-8-15(25)9-6-13/h1-12,21,24-25H/t21-/m0/s1. The Morgan fingerprint density at radius 2 is 1.68 bits per heavy atom. The largest absolute Gasteiger partial charge is 0.508 e. The summed E-state index contributed by atoms with van der Waals surface area (Å²) in [5.74, 6) is 0.263. The molecule has 0 aromatic heterocycles. The highest BCUT2D eigenvalue weighted by atomic mass is 79.9. The molecule has 3 aromatic carbocycles. The lowest BCUT2D eigenvalue weighted by atomic mass is 9.89. The van der Waals surface area contributed by atoms with E-state index in [4.69, 9.17) is 11.6 Å². The fourth-order valence-corrected chi connectivity index (χ4v) is 3.71. The van der Waals surface area contributed by atoms with Crippen LogP contribution in [0.15, 0.2) is 77.3 Å². The molecule has 1 atom stereocenters. The van der Waals surface area contributed by atoms with Gasteiger partial charge in [0.25, 0.3) is 0 Å². The van der Waals surface area contributed by atoms with Gasteiger partial charge in [0.05, 0.1) is 6.04 Å². The van der Waals surface area contributed by atoms with Crippen LogP contribution in [0.4, 0.5) is 5.69 Å². The maximum atomic E-state index is 9.55. The highest BCUT2D eigenvalue weighted by Crippen LogP contribution is 2.41. The van der Waals surface area contributed by atoms with Gasteiger partial charge in [-0.05, 0) is 53.6 Å². The molecule has 0 saturated carbocycles. The summed E-state index contributed by atoms with van der Waals surface area (Å²) in [4.78, 5) is 0. The Bertz CT molecular complexity index is 966. The molecule has 0 unspecified atom stereocenters. The molecule has 2 N–H and O–H groups in total. The van der Waals surface area contributed by atoms with Crippen molar-refractivity contribution in [1.29, 1.82) is 0 Å². The zero-order valence-electron chi connectivity index (χ0n) is 13.2. The van der Waals surface area contributed by atoms with Crippen molar-refractivity contribution in [3.8, 4) is 5.75 Å². The molecule has 1 aliphatic heterocycles. The van der Waals surface area contributed by atoms with E-state index in [-0.39, 0.29) is 11.8 Å². The summed E-state index contributed by atoms with van der Waals surface area (Å²) in [6.07, 6.45) is 2.18. The minimum atomic E-state index is 0.000508. The number of hydrogen-bond donors (Lipinski definition) is 2. The van der Waals surface area contributed by atoms with Crippen molar-refractivity contribution in [2.45, 2.75) is 6.04 Å². The lowest BCUT2D eigenvalue weighted by molar-refractivity contribution is 0.475. The molecule has 1 heterocycles. The van der Waals surface area contributed by atoms with E-state index in [1.807, 2.05) is 42.5 Å². The Labute approximate surface area is 159 Å². The summed E-state index contributed by atoms with van der Waals surface area (Å²) in [5, 5.41) is 13.8. The van der Waals surface area contributed by atoms with Crippen molar-refractivity contribution < 1.29 is 5.11 Å². The summed E-state index contributed by atoms with van der Waals surface area (Å²) < 4.78 is 1.02. The molecule has 1 aliphatic rings. The zero-order chi connectivity index (χ0) is 17.4. The van der Waals surface area contributed by atoms with Gasteiger partial charge in [0.15, 0.2) is 0 Å². The van der Waals surface area contributed by atoms with Crippen LogP contribution in [0.5, 0.6) is 5.75 Å². The van der Waals surface area contributed by atoms with Gasteiger partial charge in [0.1, 0.15) is 5.75 Å². The number of rotatable bonds is 2. The van der Waals surface area contributed by atoms with E-state index in [1.54, 1.807) is 12.1 Å². The van der Waals surface area contributed by atoms with Gasteiger partial charge in [-0.2, -0.15) is 0 Å². The Morgan fingerprint density at radius 1 is 0.920 bits per heavy atom. The SMILES string of the molecule is Oc1ccc([C@@H]2C=C(c3ccccc3Cl)c3cc(Br)ccc3N2)cc1. The van der Waals surface area contributed by atoms with E-state index in [0.29, 0.717) is 0 Å². The van der Waals surface area contributed by atoms with Crippen LogP contribution < -0.4 is 5.32 Å². The number of fused-ring (bicyclic) bond motifs is 1. The molecule has 0 saturated heterocycles. The number of phenolic OH excluding ortho intramolecular Hbond substituents is 1. The van der Waals surface area contributed by atoms with E-state index in [0.717, 1.165) is 37.4 Å². The average molecular weight is 413 g/mol. The van der Waals surface area contributed by atoms with Crippen molar-refractivity contribution in [3.63, 3.8) is 0 Å². The minimum absolute atomic E-state index is 0.000508. The second-order valence-corrected chi connectivity index (χ2v) is 7.29. The summed E-state index contributed by atoms with van der Waals surface area (Å²) in [6, 6.07) is 21.3. The number of nitrogens with one attached hydrogen (secondary N) is 1. The summed E-state index contributed by atoms with van der Waals surface area (Å²) in [5.41, 5.74) is 5.35. The van der Waals surface area contributed by atoms with Crippen molar-refractivity contribution >= 4 is 38.8 Å². The Kier molecular flexibility index (Phi) is 4.28. The van der Waals surface area contributed by atoms with Crippen LogP contribution in [-0.2, 0) is 0 Å². The molecule has 0 bridgehead atoms. The predicted octanol–water partition coefficient (Wildman–Crippen LogP) is 6.41. The summed E-state index contributed by atoms with van der Waals surface area (Å²) in [7, 11) is 0. The maximum Gasteiger partial charge on any atom is 0.115 e. The van der Waals surface area contributed by atoms with Crippen molar-refractivity contribution in [1.82, 2.24) is 0 Å². The third-order valence-corrected chi connectivity index (χ3v) is 5.16. The summed E-state index contributed by atoms with van der Waals surface area (Å²) >= 11 is 10.0. The molecule has 124 valence electrons. The topological polar surface area (TPSA) is 32.3 Å². The lowest BCUT2D eigenvalue weighted by Gasteiger charge is -2.27. The normalized spacial score (nSPS) is 15.9. The number of aromatic hydroxyl groups is 1. The Hall–Kier alpha value is -2.23. The lowest BCUT2D eigenvalue weighted by Crippen LogP contribution is -2.15. The van der Waals surface area contributed by atoms with E-state index < -0.39 is 0 Å².